The molecule has 1 amide bonds. The first-order valence-electron chi connectivity index (χ1n) is 11.8. The highest BCUT2D eigenvalue weighted by atomic mass is 16.5. The summed E-state index contributed by atoms with van der Waals surface area (Å²) in [5, 5.41) is 21.3. The van der Waals surface area contributed by atoms with Gasteiger partial charge in [0.15, 0.2) is 5.76 Å². The van der Waals surface area contributed by atoms with Crippen LogP contribution in [0.5, 0.6) is 5.75 Å². The number of morpholine rings is 1. The van der Waals surface area contributed by atoms with E-state index in [1.165, 1.54) is 17.0 Å². The molecule has 4 heterocycles. The molecule has 9 heteroatoms. The van der Waals surface area contributed by atoms with Gasteiger partial charge in [0.1, 0.15) is 17.1 Å². The first kappa shape index (κ1) is 23.1. The number of hydrogen-bond acceptors (Lipinski definition) is 7. The largest absolute Gasteiger partial charge is 0.508 e. The molecule has 2 aliphatic heterocycles. The fraction of sp³-hybridized carbons (Fsp3) is 0.346. The van der Waals surface area contributed by atoms with E-state index in [4.69, 9.17) is 4.74 Å². The number of pyridine rings is 1. The highest BCUT2D eigenvalue weighted by Crippen LogP contribution is 2.40. The molecule has 1 unspecified atom stereocenters. The second-order valence-electron chi connectivity index (χ2n) is 8.87. The number of hydrogen-bond donors (Lipinski definition) is 2. The number of carbonyl (C=O) groups is 2. The third-order valence-corrected chi connectivity index (χ3v) is 6.65. The molecule has 0 bridgehead atoms. The molecule has 0 radical (unpaired) electrons. The number of aromatic nitrogens is 2. The standard InChI is InChI=1S/C26H28N4O5/c1-17-22(29-11-3-2-5-20(29)27-17)24(32)21-23(18-6-8-19(31)9-7-18)30(26(34)25(21)33)12-4-10-28-13-15-35-16-14-28/h2-3,5-9,11,23,31-32H,4,10,12-16H2,1H3/b24-21+. The zero-order valence-electron chi connectivity index (χ0n) is 19.6. The molecular formula is C26H28N4O5. The molecule has 9 nitrogen and oxygen atoms in total. The summed E-state index contributed by atoms with van der Waals surface area (Å²) in [6.07, 6.45) is 2.44. The summed E-state index contributed by atoms with van der Waals surface area (Å²) in [7, 11) is 0. The third kappa shape index (κ3) is 4.28. The van der Waals surface area contributed by atoms with Gasteiger partial charge >= 0.3 is 0 Å². The molecule has 35 heavy (non-hydrogen) atoms. The summed E-state index contributed by atoms with van der Waals surface area (Å²) in [4.78, 5) is 34.8. The first-order chi connectivity index (χ1) is 17.0. The summed E-state index contributed by atoms with van der Waals surface area (Å²) < 4.78 is 7.11. The van der Waals surface area contributed by atoms with E-state index >= 15 is 0 Å². The van der Waals surface area contributed by atoms with Gasteiger partial charge in [-0.05, 0) is 43.2 Å². The maximum Gasteiger partial charge on any atom is 0.295 e. The molecule has 3 aromatic rings. The Morgan fingerprint density at radius 2 is 1.83 bits per heavy atom. The van der Waals surface area contributed by atoms with Gasteiger partial charge in [0, 0.05) is 32.4 Å². The number of aliphatic hydroxyl groups is 1. The lowest BCUT2D eigenvalue weighted by molar-refractivity contribution is -0.140. The molecule has 0 saturated carbocycles. The number of likely N-dealkylation sites (tertiary alicyclic amines) is 1. The van der Waals surface area contributed by atoms with E-state index < -0.39 is 17.7 Å². The lowest BCUT2D eigenvalue weighted by Crippen LogP contribution is -2.38. The van der Waals surface area contributed by atoms with Gasteiger partial charge in [0.25, 0.3) is 11.7 Å². The maximum absolute atomic E-state index is 13.3. The minimum Gasteiger partial charge on any atom is -0.508 e. The molecule has 2 N–H and O–H groups in total. The van der Waals surface area contributed by atoms with Crippen LogP contribution in [0.3, 0.4) is 0 Å². The molecular weight excluding hydrogens is 448 g/mol. The summed E-state index contributed by atoms with van der Waals surface area (Å²) >= 11 is 0. The van der Waals surface area contributed by atoms with Crippen molar-refractivity contribution in [3.63, 3.8) is 0 Å². The van der Waals surface area contributed by atoms with Crippen LogP contribution in [0.1, 0.15) is 29.4 Å². The number of nitrogens with zero attached hydrogens (tertiary/aromatic N) is 4. The van der Waals surface area contributed by atoms with E-state index in [0.29, 0.717) is 48.8 Å². The molecule has 0 aliphatic carbocycles. The van der Waals surface area contributed by atoms with Gasteiger partial charge in [-0.3, -0.25) is 18.9 Å². The number of amides is 1. The molecule has 1 aromatic carbocycles. The number of phenols is 1. The predicted molar refractivity (Wildman–Crippen MR) is 129 cm³/mol. The fourth-order valence-electron chi connectivity index (χ4n) is 4.93. The Labute approximate surface area is 202 Å². The van der Waals surface area contributed by atoms with Crippen LogP contribution in [0, 0.1) is 6.92 Å². The van der Waals surface area contributed by atoms with Gasteiger partial charge in [0.05, 0.1) is 30.5 Å². The number of aromatic hydroxyl groups is 1. The van der Waals surface area contributed by atoms with Gasteiger partial charge < -0.3 is 19.8 Å². The Bertz CT molecular complexity index is 1290. The van der Waals surface area contributed by atoms with Crippen molar-refractivity contribution in [1.82, 2.24) is 19.2 Å². The normalized spacial score (nSPS) is 20.7. The second kappa shape index (κ2) is 9.52. The first-order valence-corrected chi connectivity index (χ1v) is 11.8. The highest BCUT2D eigenvalue weighted by Gasteiger charge is 2.46. The molecule has 182 valence electrons. The van der Waals surface area contributed by atoms with Crippen LogP contribution >= 0.6 is 0 Å². The SMILES string of the molecule is Cc1nc2ccccn2c1/C(O)=C1\C(=O)C(=O)N(CCCN2CCOCC2)C1c1ccc(O)cc1. The third-order valence-electron chi connectivity index (χ3n) is 6.65. The van der Waals surface area contributed by atoms with Crippen LogP contribution in [-0.2, 0) is 14.3 Å². The minimum absolute atomic E-state index is 0.0285. The number of phenolic OH excluding ortho intramolecular Hbond substituents is 1. The molecule has 5 rings (SSSR count). The Morgan fingerprint density at radius 1 is 1.09 bits per heavy atom. The van der Waals surface area contributed by atoms with Crippen molar-refractivity contribution in [1.29, 1.82) is 0 Å². The number of benzene rings is 1. The minimum atomic E-state index is -0.769. The lowest BCUT2D eigenvalue weighted by Gasteiger charge is -2.29. The topological polar surface area (TPSA) is 108 Å². The number of Topliss-reactive ketones (excluding diaryl/α,β-unsaturated/α-hetero) is 1. The van der Waals surface area contributed by atoms with E-state index in [-0.39, 0.29) is 17.1 Å². The summed E-state index contributed by atoms with van der Waals surface area (Å²) in [6.45, 7) is 5.96. The van der Waals surface area contributed by atoms with E-state index in [9.17, 15) is 19.8 Å². The Hall–Kier alpha value is -3.69. The average molecular weight is 477 g/mol. The smallest absolute Gasteiger partial charge is 0.295 e. The van der Waals surface area contributed by atoms with Crippen LogP contribution < -0.4 is 0 Å². The predicted octanol–water partition coefficient (Wildman–Crippen LogP) is 2.49. The van der Waals surface area contributed by atoms with Crippen molar-refractivity contribution < 1.29 is 24.5 Å². The number of rotatable bonds is 6. The lowest BCUT2D eigenvalue weighted by atomic mass is 9.96. The van der Waals surface area contributed by atoms with Crippen LogP contribution in [-0.4, -0.2) is 80.5 Å². The van der Waals surface area contributed by atoms with Gasteiger partial charge in [0.2, 0.25) is 0 Å². The molecule has 1 atom stereocenters. The maximum atomic E-state index is 13.3. The van der Waals surface area contributed by atoms with Crippen molar-refractivity contribution in [2.24, 2.45) is 0 Å². The number of fused-ring (bicyclic) bond motifs is 1. The molecule has 2 saturated heterocycles. The number of carbonyl (C=O) groups excluding carboxylic acids is 2. The fourth-order valence-corrected chi connectivity index (χ4v) is 4.93. The van der Waals surface area contributed by atoms with E-state index in [1.807, 2.05) is 18.2 Å². The number of aliphatic hydroxyl groups excluding tert-OH is 1. The van der Waals surface area contributed by atoms with Crippen LogP contribution in [0.4, 0.5) is 0 Å². The number of ketones is 1. The van der Waals surface area contributed by atoms with E-state index in [1.54, 1.807) is 29.7 Å². The summed E-state index contributed by atoms with van der Waals surface area (Å²) in [6, 6.07) is 11.1. The van der Waals surface area contributed by atoms with Crippen molar-refractivity contribution in [3.8, 4) is 5.75 Å². The van der Waals surface area contributed by atoms with Gasteiger partial charge in [-0.1, -0.05) is 18.2 Å². The van der Waals surface area contributed by atoms with Crippen LogP contribution in [0.25, 0.3) is 11.4 Å². The molecule has 2 fully saturated rings. The van der Waals surface area contributed by atoms with Gasteiger partial charge in [-0.15, -0.1) is 0 Å². The van der Waals surface area contributed by atoms with Crippen LogP contribution in [0.2, 0.25) is 0 Å². The van der Waals surface area contributed by atoms with Crippen LogP contribution in [0.15, 0.2) is 54.2 Å². The number of aryl methyl sites for hydroxylation is 1. The van der Waals surface area contributed by atoms with E-state index in [2.05, 4.69) is 9.88 Å². The molecule has 0 spiro atoms. The Balaban J connectivity index is 1.54. The Kier molecular flexibility index (Phi) is 6.27. The van der Waals surface area contributed by atoms with Crippen molar-refractivity contribution in [2.45, 2.75) is 19.4 Å². The van der Waals surface area contributed by atoms with Crippen molar-refractivity contribution >= 4 is 23.1 Å². The quantitative estimate of drug-likeness (QED) is 0.320. The zero-order valence-corrected chi connectivity index (χ0v) is 19.6. The highest BCUT2D eigenvalue weighted by molar-refractivity contribution is 6.46. The van der Waals surface area contributed by atoms with Crippen molar-refractivity contribution in [2.75, 3.05) is 39.4 Å². The molecule has 2 aromatic heterocycles. The monoisotopic (exact) mass is 476 g/mol. The van der Waals surface area contributed by atoms with Gasteiger partial charge in [-0.25, -0.2) is 4.98 Å². The summed E-state index contributed by atoms with van der Waals surface area (Å²) in [5.74, 6) is -1.54. The number of ether oxygens (including phenoxy) is 1. The zero-order chi connectivity index (χ0) is 24.5. The average Bonchev–Trinajstić information content (AvgIpc) is 3.33. The van der Waals surface area contributed by atoms with E-state index in [0.717, 1.165) is 19.6 Å². The van der Waals surface area contributed by atoms with Crippen molar-refractivity contribution in [3.05, 3.63) is 71.2 Å². The molecule has 2 aliphatic rings. The number of imidazole rings is 1. The summed E-state index contributed by atoms with van der Waals surface area (Å²) in [5.41, 5.74) is 2.24. The van der Waals surface area contributed by atoms with Gasteiger partial charge in [-0.2, -0.15) is 0 Å². The Morgan fingerprint density at radius 3 is 2.57 bits per heavy atom. The second-order valence-corrected chi connectivity index (χ2v) is 8.87.